The summed E-state index contributed by atoms with van der Waals surface area (Å²) in [7, 11) is 0. The number of carbonyl (C=O) groups is 1. The summed E-state index contributed by atoms with van der Waals surface area (Å²) in [5.41, 5.74) is 8.57. The number of urea groups is 1. The highest BCUT2D eigenvalue weighted by Gasteiger charge is 2.07. The van der Waals surface area contributed by atoms with Crippen molar-refractivity contribution in [2.24, 2.45) is 10.7 Å². The maximum atomic E-state index is 11.9. The number of unbranched alkanes of at least 4 members (excludes halogenated alkanes) is 4. The van der Waals surface area contributed by atoms with Crippen molar-refractivity contribution >= 4 is 30.1 Å². The first-order chi connectivity index (χ1) is 10.5. The number of anilines is 1. The molecule has 6 heteroatoms. The molecule has 0 aliphatic rings. The molecule has 1 aromatic carbocycles. The van der Waals surface area contributed by atoms with Crippen LogP contribution < -0.4 is 16.4 Å². The van der Waals surface area contributed by atoms with Crippen molar-refractivity contribution < 1.29 is 4.79 Å². The molecule has 0 atom stereocenters. The van der Waals surface area contributed by atoms with Crippen LogP contribution in [0.25, 0.3) is 0 Å². The Bertz CT molecular complexity index is 497. The van der Waals surface area contributed by atoms with Gasteiger partial charge in [0.05, 0.1) is 0 Å². The molecule has 0 spiro atoms. The first-order valence-electron chi connectivity index (χ1n) is 7.98. The molecule has 0 radical (unpaired) electrons. The van der Waals surface area contributed by atoms with E-state index in [2.05, 4.69) is 22.5 Å². The van der Waals surface area contributed by atoms with Crippen LogP contribution in [-0.4, -0.2) is 18.5 Å². The third-order valence-corrected chi connectivity index (χ3v) is 3.51. The average molecular weight is 341 g/mol. The fourth-order valence-electron chi connectivity index (χ4n) is 2.23. The van der Waals surface area contributed by atoms with E-state index in [4.69, 9.17) is 5.73 Å². The van der Waals surface area contributed by atoms with Crippen molar-refractivity contribution in [3.63, 3.8) is 0 Å². The summed E-state index contributed by atoms with van der Waals surface area (Å²) < 4.78 is 0. The summed E-state index contributed by atoms with van der Waals surface area (Å²) in [4.78, 5) is 16.1. The van der Waals surface area contributed by atoms with Gasteiger partial charge in [-0.05, 0) is 31.4 Å². The summed E-state index contributed by atoms with van der Waals surface area (Å²) >= 11 is 0. The molecule has 0 saturated heterocycles. The molecular weight excluding hydrogens is 312 g/mol. The minimum atomic E-state index is -0.357. The Kier molecular flexibility index (Phi) is 10.9. The standard InChI is InChI=1S/C17H28N4O.ClH/c1-4-5-6-7-8-12-19-16(18)21-17(22)20-15-13(2)10-9-11-14(15)3;/h9-11H,4-8,12H2,1-3H3,(H4,18,19,20,21,22);1H. The summed E-state index contributed by atoms with van der Waals surface area (Å²) in [6.45, 7) is 6.75. The molecule has 0 unspecified atom stereocenters. The number of para-hydroxylation sites is 1. The Morgan fingerprint density at radius 2 is 1.74 bits per heavy atom. The van der Waals surface area contributed by atoms with E-state index in [9.17, 15) is 4.79 Å². The molecule has 1 rings (SSSR count). The Morgan fingerprint density at radius 1 is 1.13 bits per heavy atom. The summed E-state index contributed by atoms with van der Waals surface area (Å²) in [6, 6.07) is 5.51. The lowest BCUT2D eigenvalue weighted by Gasteiger charge is -2.12. The van der Waals surface area contributed by atoms with Gasteiger partial charge in [-0.25, -0.2) is 4.79 Å². The van der Waals surface area contributed by atoms with Gasteiger partial charge >= 0.3 is 6.03 Å². The molecule has 0 aliphatic heterocycles. The number of halogens is 1. The lowest BCUT2D eigenvalue weighted by Crippen LogP contribution is -2.40. The predicted molar refractivity (Wildman–Crippen MR) is 101 cm³/mol. The van der Waals surface area contributed by atoms with Gasteiger partial charge in [-0.2, -0.15) is 0 Å². The minimum absolute atomic E-state index is 0. The molecule has 2 amide bonds. The van der Waals surface area contributed by atoms with Crippen molar-refractivity contribution in [2.75, 3.05) is 11.9 Å². The van der Waals surface area contributed by atoms with Crippen LogP contribution in [0.1, 0.15) is 50.2 Å². The zero-order chi connectivity index (χ0) is 16.4. The molecule has 0 heterocycles. The highest BCUT2D eigenvalue weighted by Crippen LogP contribution is 2.18. The van der Waals surface area contributed by atoms with Gasteiger partial charge in [0.25, 0.3) is 0 Å². The number of rotatable bonds is 7. The van der Waals surface area contributed by atoms with Crippen LogP contribution in [-0.2, 0) is 0 Å². The molecule has 0 aliphatic carbocycles. The monoisotopic (exact) mass is 340 g/mol. The smallest absolute Gasteiger partial charge is 0.326 e. The topological polar surface area (TPSA) is 79.5 Å². The van der Waals surface area contributed by atoms with Gasteiger partial charge in [0.15, 0.2) is 5.96 Å². The fourth-order valence-corrected chi connectivity index (χ4v) is 2.23. The maximum absolute atomic E-state index is 11.9. The van der Waals surface area contributed by atoms with Crippen LogP contribution in [0, 0.1) is 13.8 Å². The molecule has 0 bridgehead atoms. The van der Waals surface area contributed by atoms with E-state index in [1.165, 1.54) is 19.3 Å². The second-order valence-corrected chi connectivity index (χ2v) is 5.53. The first-order valence-corrected chi connectivity index (χ1v) is 7.98. The Balaban J connectivity index is 0.00000484. The van der Waals surface area contributed by atoms with Crippen molar-refractivity contribution in [1.82, 2.24) is 5.32 Å². The number of carbonyl (C=O) groups excluding carboxylic acids is 1. The quantitative estimate of drug-likeness (QED) is 0.396. The Hall–Kier alpha value is -1.75. The van der Waals surface area contributed by atoms with E-state index in [0.717, 1.165) is 29.7 Å². The molecule has 4 N–H and O–H groups in total. The van der Waals surface area contributed by atoms with Gasteiger partial charge in [-0.15, -0.1) is 12.4 Å². The third-order valence-electron chi connectivity index (χ3n) is 3.51. The largest absolute Gasteiger partial charge is 0.370 e. The fraction of sp³-hybridized carbons (Fsp3) is 0.529. The van der Waals surface area contributed by atoms with E-state index in [1.54, 1.807) is 0 Å². The zero-order valence-corrected chi connectivity index (χ0v) is 15.1. The highest BCUT2D eigenvalue weighted by atomic mass is 35.5. The predicted octanol–water partition coefficient (Wildman–Crippen LogP) is 4.13. The van der Waals surface area contributed by atoms with Crippen LogP contribution in [0.2, 0.25) is 0 Å². The molecule has 130 valence electrons. The molecule has 23 heavy (non-hydrogen) atoms. The molecule has 0 saturated carbocycles. The van der Waals surface area contributed by atoms with Crippen LogP contribution in [0.15, 0.2) is 23.2 Å². The first kappa shape index (κ1) is 21.2. The number of aliphatic imine (C=N–C) groups is 1. The maximum Gasteiger partial charge on any atom is 0.326 e. The van der Waals surface area contributed by atoms with Crippen molar-refractivity contribution in [2.45, 2.75) is 52.9 Å². The Labute approximate surface area is 145 Å². The number of benzene rings is 1. The summed E-state index contributed by atoms with van der Waals surface area (Å²) in [5.74, 6) is 0.166. The molecular formula is C17H29ClN4O. The second kappa shape index (κ2) is 11.8. The zero-order valence-electron chi connectivity index (χ0n) is 14.3. The summed E-state index contributed by atoms with van der Waals surface area (Å²) in [6.07, 6.45) is 5.87. The van der Waals surface area contributed by atoms with Crippen molar-refractivity contribution in [3.05, 3.63) is 29.3 Å². The number of nitrogens with one attached hydrogen (secondary N) is 2. The van der Waals surface area contributed by atoms with Crippen molar-refractivity contribution in [3.8, 4) is 0 Å². The number of guanidine groups is 1. The number of nitrogens with zero attached hydrogens (tertiary/aromatic N) is 1. The van der Waals surface area contributed by atoms with Gasteiger partial charge < -0.3 is 11.1 Å². The van der Waals surface area contributed by atoms with E-state index < -0.39 is 0 Å². The summed E-state index contributed by atoms with van der Waals surface area (Å²) in [5, 5.41) is 5.38. The van der Waals surface area contributed by atoms with Crippen molar-refractivity contribution in [1.29, 1.82) is 0 Å². The number of hydrogen-bond acceptors (Lipinski definition) is 2. The van der Waals surface area contributed by atoms with E-state index in [-0.39, 0.29) is 24.4 Å². The van der Waals surface area contributed by atoms with Gasteiger partial charge in [-0.3, -0.25) is 10.3 Å². The van der Waals surface area contributed by atoms with Crippen LogP contribution in [0.5, 0.6) is 0 Å². The molecule has 1 aromatic rings. The highest BCUT2D eigenvalue weighted by molar-refractivity contribution is 6.02. The third kappa shape index (κ3) is 8.45. The normalized spacial score (nSPS) is 10.8. The van der Waals surface area contributed by atoms with Gasteiger partial charge in [0.2, 0.25) is 0 Å². The number of amides is 2. The minimum Gasteiger partial charge on any atom is -0.370 e. The van der Waals surface area contributed by atoms with E-state index >= 15 is 0 Å². The lowest BCUT2D eigenvalue weighted by atomic mass is 10.1. The van der Waals surface area contributed by atoms with Gasteiger partial charge in [0.1, 0.15) is 0 Å². The number of hydrogen-bond donors (Lipinski definition) is 3. The van der Waals surface area contributed by atoms with Crippen LogP contribution >= 0.6 is 12.4 Å². The van der Waals surface area contributed by atoms with Crippen LogP contribution in [0.4, 0.5) is 10.5 Å². The Morgan fingerprint density at radius 3 is 2.35 bits per heavy atom. The second-order valence-electron chi connectivity index (χ2n) is 5.53. The van der Waals surface area contributed by atoms with E-state index in [1.807, 2.05) is 32.0 Å². The van der Waals surface area contributed by atoms with Crippen LogP contribution in [0.3, 0.4) is 0 Å². The van der Waals surface area contributed by atoms with E-state index in [0.29, 0.717) is 6.54 Å². The SMILES string of the molecule is CCCCCCCN=C(N)NC(=O)Nc1c(C)cccc1C.Cl. The lowest BCUT2D eigenvalue weighted by molar-refractivity contribution is 0.256. The average Bonchev–Trinajstić information content (AvgIpc) is 2.46. The number of aryl methyl sites for hydroxylation is 2. The number of nitrogens with two attached hydrogens (primary N) is 1. The molecule has 0 fully saturated rings. The molecule has 0 aromatic heterocycles. The van der Waals surface area contributed by atoms with Gasteiger partial charge in [0, 0.05) is 12.2 Å². The van der Waals surface area contributed by atoms with Gasteiger partial charge in [-0.1, -0.05) is 50.8 Å². The molecule has 5 nitrogen and oxygen atoms in total.